The van der Waals surface area contributed by atoms with E-state index in [-0.39, 0.29) is 23.1 Å². The molecule has 2 aromatic rings. The Morgan fingerprint density at radius 1 is 1.37 bits per heavy atom. The topological polar surface area (TPSA) is 85.1 Å². The number of hydrazone groups is 1. The van der Waals surface area contributed by atoms with E-state index in [9.17, 15) is 9.59 Å². The van der Waals surface area contributed by atoms with E-state index in [0.717, 1.165) is 18.6 Å². The van der Waals surface area contributed by atoms with Gasteiger partial charge in [0.2, 0.25) is 0 Å². The van der Waals surface area contributed by atoms with Gasteiger partial charge in [-0.1, -0.05) is 26.8 Å². The third-order valence-electron chi connectivity index (χ3n) is 6.74. The summed E-state index contributed by atoms with van der Waals surface area (Å²) in [6.07, 6.45) is 6.60. The molecular formula is C20H24N4O3. The molecule has 2 bridgehead atoms. The molecule has 2 aromatic heterocycles. The van der Waals surface area contributed by atoms with Crippen LogP contribution in [0, 0.1) is 16.7 Å². The number of nitrogens with zero attached hydrogens (tertiary/aromatic N) is 3. The molecule has 2 atom stereocenters. The molecular weight excluding hydrogens is 344 g/mol. The Labute approximate surface area is 157 Å². The van der Waals surface area contributed by atoms with Gasteiger partial charge in [0.05, 0.1) is 0 Å². The summed E-state index contributed by atoms with van der Waals surface area (Å²) in [5.41, 5.74) is 4.64. The van der Waals surface area contributed by atoms with Crippen molar-refractivity contribution in [3.8, 4) is 0 Å². The maximum absolute atomic E-state index is 12.1. The minimum Gasteiger partial charge on any atom is -0.451 e. The first-order valence-corrected chi connectivity index (χ1v) is 9.28. The Balaban J connectivity index is 1.34. The Bertz CT molecular complexity index is 913. The molecule has 2 fully saturated rings. The molecule has 0 aliphatic heterocycles. The number of hydrogen-bond acceptors (Lipinski definition) is 5. The number of pyridine rings is 1. The van der Waals surface area contributed by atoms with E-state index in [1.165, 1.54) is 6.42 Å². The molecule has 0 aromatic carbocycles. The van der Waals surface area contributed by atoms with E-state index >= 15 is 0 Å². The zero-order valence-corrected chi connectivity index (χ0v) is 15.9. The quantitative estimate of drug-likeness (QED) is 0.664. The lowest BCUT2D eigenvalue weighted by Crippen LogP contribution is -2.34. The summed E-state index contributed by atoms with van der Waals surface area (Å²) in [7, 11) is 0. The van der Waals surface area contributed by atoms with Crippen LogP contribution in [-0.4, -0.2) is 33.6 Å². The minimum atomic E-state index is -0.630. The molecule has 0 spiro atoms. The van der Waals surface area contributed by atoms with Gasteiger partial charge in [0.25, 0.3) is 5.91 Å². The molecule has 142 valence electrons. The molecule has 1 N–H and O–H groups in total. The number of imidazole rings is 1. The summed E-state index contributed by atoms with van der Waals surface area (Å²) in [5.74, 6) is -0.454. The number of rotatable bonds is 4. The van der Waals surface area contributed by atoms with Crippen molar-refractivity contribution in [3.05, 3.63) is 36.3 Å². The predicted molar refractivity (Wildman–Crippen MR) is 100 cm³/mol. The highest BCUT2D eigenvalue weighted by Crippen LogP contribution is 2.63. The Hall–Kier alpha value is -2.70. The van der Waals surface area contributed by atoms with Gasteiger partial charge in [-0.3, -0.25) is 4.79 Å². The van der Waals surface area contributed by atoms with E-state index in [0.29, 0.717) is 11.6 Å². The van der Waals surface area contributed by atoms with Gasteiger partial charge in [-0.05, 0) is 42.7 Å². The average Bonchev–Trinajstić information content (AvgIpc) is 3.23. The Morgan fingerprint density at radius 2 is 2.19 bits per heavy atom. The van der Waals surface area contributed by atoms with Gasteiger partial charge in [-0.25, -0.2) is 15.2 Å². The molecule has 2 unspecified atom stereocenters. The minimum absolute atomic E-state index is 0.0260. The largest absolute Gasteiger partial charge is 0.451 e. The summed E-state index contributed by atoms with van der Waals surface area (Å²) >= 11 is 0. The van der Waals surface area contributed by atoms with Crippen LogP contribution in [0.3, 0.4) is 0 Å². The molecule has 27 heavy (non-hydrogen) atoms. The van der Waals surface area contributed by atoms with Crippen LogP contribution in [0.2, 0.25) is 0 Å². The zero-order valence-electron chi connectivity index (χ0n) is 15.9. The fourth-order valence-corrected chi connectivity index (χ4v) is 4.50. The van der Waals surface area contributed by atoms with Gasteiger partial charge >= 0.3 is 5.97 Å². The molecule has 0 radical (unpaired) electrons. The summed E-state index contributed by atoms with van der Waals surface area (Å²) in [6, 6.07) is 5.46. The number of amides is 1. The second-order valence-electron chi connectivity index (χ2n) is 8.26. The van der Waals surface area contributed by atoms with Crippen molar-refractivity contribution in [2.24, 2.45) is 21.8 Å². The van der Waals surface area contributed by atoms with Crippen LogP contribution < -0.4 is 5.43 Å². The zero-order chi connectivity index (χ0) is 19.2. The second-order valence-corrected chi connectivity index (χ2v) is 8.26. The van der Waals surface area contributed by atoms with Crippen LogP contribution in [0.15, 0.2) is 35.7 Å². The van der Waals surface area contributed by atoms with Crippen molar-refractivity contribution < 1.29 is 14.3 Å². The molecule has 2 saturated carbocycles. The van der Waals surface area contributed by atoms with Crippen LogP contribution in [0.4, 0.5) is 0 Å². The van der Waals surface area contributed by atoms with Gasteiger partial charge in [-0.15, -0.1) is 0 Å². The highest BCUT2D eigenvalue weighted by molar-refractivity contribution is 5.95. The van der Waals surface area contributed by atoms with Crippen LogP contribution in [0.25, 0.3) is 5.65 Å². The average molecular weight is 368 g/mol. The van der Waals surface area contributed by atoms with E-state index < -0.39 is 11.9 Å². The lowest BCUT2D eigenvalue weighted by atomic mass is 9.70. The highest BCUT2D eigenvalue weighted by atomic mass is 16.5. The number of aromatic nitrogens is 2. The first-order chi connectivity index (χ1) is 12.8. The highest BCUT2D eigenvalue weighted by Gasteiger charge is 2.60. The van der Waals surface area contributed by atoms with E-state index in [1.807, 2.05) is 12.1 Å². The van der Waals surface area contributed by atoms with E-state index in [2.05, 4.69) is 36.3 Å². The number of hydrogen-bond donors (Lipinski definition) is 1. The van der Waals surface area contributed by atoms with E-state index in [1.54, 1.807) is 22.9 Å². The Kier molecular flexibility index (Phi) is 4.05. The van der Waals surface area contributed by atoms with Crippen LogP contribution in [-0.2, 0) is 9.53 Å². The molecule has 2 aliphatic rings. The van der Waals surface area contributed by atoms with Gasteiger partial charge < -0.3 is 9.14 Å². The van der Waals surface area contributed by atoms with Gasteiger partial charge in [-0.2, -0.15) is 5.10 Å². The van der Waals surface area contributed by atoms with Gasteiger partial charge in [0, 0.05) is 23.5 Å². The van der Waals surface area contributed by atoms with Crippen molar-refractivity contribution in [1.29, 1.82) is 0 Å². The maximum atomic E-state index is 12.1. The lowest BCUT2D eigenvalue weighted by molar-refractivity contribution is -0.124. The van der Waals surface area contributed by atoms with Gasteiger partial charge in [0.15, 0.2) is 12.3 Å². The SMILES string of the molecule is CC12CCC(CC1=NNC(=O)COC(=O)c1cn3ccccc3n1)C2(C)C. The fourth-order valence-electron chi connectivity index (χ4n) is 4.50. The van der Waals surface area contributed by atoms with Gasteiger partial charge in [0.1, 0.15) is 5.65 Å². The standard InChI is InChI=1S/C20H24N4O3/c1-19(2)13-7-8-20(19,3)15(10-13)22-23-17(25)12-27-18(26)14-11-24-9-5-4-6-16(24)21-14/h4-6,9,11,13H,7-8,10,12H2,1-3H3,(H,23,25). The van der Waals surface area contributed by atoms with Crippen molar-refractivity contribution in [1.82, 2.24) is 14.8 Å². The maximum Gasteiger partial charge on any atom is 0.359 e. The van der Waals surface area contributed by atoms with E-state index in [4.69, 9.17) is 4.74 Å². The van der Waals surface area contributed by atoms with Crippen LogP contribution >= 0.6 is 0 Å². The van der Waals surface area contributed by atoms with Crippen LogP contribution in [0.5, 0.6) is 0 Å². The predicted octanol–water partition coefficient (Wildman–Crippen LogP) is 2.81. The molecule has 7 nitrogen and oxygen atoms in total. The Morgan fingerprint density at radius 3 is 2.85 bits per heavy atom. The summed E-state index contributed by atoms with van der Waals surface area (Å²) in [6.45, 7) is 6.42. The summed E-state index contributed by atoms with van der Waals surface area (Å²) in [4.78, 5) is 28.3. The summed E-state index contributed by atoms with van der Waals surface area (Å²) < 4.78 is 6.79. The molecule has 2 heterocycles. The number of carbonyl (C=O) groups is 2. The number of ether oxygens (including phenoxy) is 1. The van der Waals surface area contributed by atoms with Crippen LogP contribution in [0.1, 0.15) is 50.5 Å². The third kappa shape index (κ3) is 2.81. The number of carbonyl (C=O) groups excluding carboxylic acids is 2. The van der Waals surface area contributed by atoms with Crippen molar-refractivity contribution in [2.45, 2.75) is 40.0 Å². The number of nitrogens with one attached hydrogen (secondary N) is 1. The van der Waals surface area contributed by atoms with Crippen molar-refractivity contribution >= 4 is 23.2 Å². The normalized spacial score (nSPS) is 27.2. The lowest BCUT2D eigenvalue weighted by Gasteiger charge is -2.34. The van der Waals surface area contributed by atoms with Crippen molar-refractivity contribution in [2.75, 3.05) is 6.61 Å². The number of esters is 1. The first kappa shape index (κ1) is 17.7. The summed E-state index contributed by atoms with van der Waals surface area (Å²) in [5, 5.41) is 4.36. The smallest absolute Gasteiger partial charge is 0.359 e. The molecule has 2 aliphatic carbocycles. The monoisotopic (exact) mass is 368 g/mol. The molecule has 7 heteroatoms. The number of fused-ring (bicyclic) bond motifs is 3. The molecule has 1 amide bonds. The molecule has 4 rings (SSSR count). The fraction of sp³-hybridized carbons (Fsp3) is 0.500. The first-order valence-electron chi connectivity index (χ1n) is 9.28. The second kappa shape index (κ2) is 6.18. The molecule has 0 saturated heterocycles. The van der Waals surface area contributed by atoms with Crippen molar-refractivity contribution in [3.63, 3.8) is 0 Å². The third-order valence-corrected chi connectivity index (χ3v) is 6.74.